The molecular weight excluding hydrogens is 612 g/mol. The smallest absolute Gasteiger partial charge is 0.436 e. The van der Waals surface area contributed by atoms with Gasteiger partial charge in [-0.25, -0.2) is 4.79 Å². The number of phenolic OH excluding ortho intramolecular Hbond substituents is 1. The third kappa shape index (κ3) is 9.49. The van der Waals surface area contributed by atoms with Gasteiger partial charge in [0, 0.05) is 19.4 Å². The van der Waals surface area contributed by atoms with Crippen molar-refractivity contribution in [2.75, 3.05) is 19.7 Å². The first-order valence-electron chi connectivity index (χ1n) is 17.3. The zero-order valence-corrected chi connectivity index (χ0v) is 29.0. The lowest BCUT2D eigenvalue weighted by Crippen LogP contribution is -2.75. The summed E-state index contributed by atoms with van der Waals surface area (Å²) in [5.41, 5.74) is 1.58. The number of unbranched alkanes of at least 4 members (excludes halogenated alkanes) is 2. The number of piperazine rings is 1. The first-order chi connectivity index (χ1) is 23.0. The van der Waals surface area contributed by atoms with Gasteiger partial charge in [0.05, 0.1) is 13.2 Å². The third-order valence-corrected chi connectivity index (χ3v) is 8.80. The molecule has 48 heavy (non-hydrogen) atoms. The molecule has 11 heteroatoms. The molecule has 11 nitrogen and oxygen atoms in total. The molecule has 0 radical (unpaired) electrons. The van der Waals surface area contributed by atoms with Gasteiger partial charge >= 0.3 is 6.09 Å². The Morgan fingerprint density at radius 1 is 0.958 bits per heavy atom. The molecule has 2 N–H and O–H groups in total. The normalized spacial score (nSPS) is 20.2. The molecule has 4 rings (SSSR count). The first kappa shape index (κ1) is 36.7. The number of carbonyl (C=O) groups is 4. The van der Waals surface area contributed by atoms with Crippen molar-refractivity contribution >= 4 is 23.8 Å². The molecule has 0 aliphatic carbocycles. The van der Waals surface area contributed by atoms with Gasteiger partial charge in [0.1, 0.15) is 17.8 Å². The Kier molecular flexibility index (Phi) is 13.3. The number of fused-ring (bicyclic) bond motifs is 1. The number of carbonyl (C=O) groups excluding carboxylic acids is 4. The van der Waals surface area contributed by atoms with Crippen molar-refractivity contribution in [2.45, 2.75) is 104 Å². The summed E-state index contributed by atoms with van der Waals surface area (Å²) < 4.78 is 5.64. The second kappa shape index (κ2) is 17.3. The number of hydrogen-bond donors (Lipinski definition) is 2. The predicted octanol–water partition coefficient (Wildman–Crippen LogP) is 5.06. The number of aromatic hydroxyl groups is 1. The maximum atomic E-state index is 14.7. The lowest BCUT2D eigenvalue weighted by atomic mass is 9.94. The molecule has 0 aromatic heterocycles. The van der Waals surface area contributed by atoms with Crippen molar-refractivity contribution in [3.63, 3.8) is 0 Å². The quantitative estimate of drug-likeness (QED) is 0.255. The highest BCUT2D eigenvalue weighted by atomic mass is 16.7. The van der Waals surface area contributed by atoms with Crippen LogP contribution < -0.4 is 5.32 Å². The monoisotopic (exact) mass is 664 g/mol. The van der Waals surface area contributed by atoms with Gasteiger partial charge in [-0.1, -0.05) is 89.9 Å². The second-order valence-corrected chi connectivity index (χ2v) is 13.7. The number of nitrogens with one attached hydrogen (secondary N) is 1. The molecule has 2 heterocycles. The number of hydroxylamine groups is 2. The summed E-state index contributed by atoms with van der Waals surface area (Å²) in [6.45, 7) is 10.6. The van der Waals surface area contributed by atoms with Gasteiger partial charge in [0.2, 0.25) is 11.8 Å². The van der Waals surface area contributed by atoms with Crippen LogP contribution in [0.2, 0.25) is 0 Å². The summed E-state index contributed by atoms with van der Waals surface area (Å²) in [6, 6.07) is 14.0. The number of nitrogens with zero attached hydrogens (tertiary/aromatic N) is 3. The number of ether oxygens (including phenoxy) is 1. The van der Waals surface area contributed by atoms with Crippen LogP contribution in [0, 0.1) is 11.8 Å². The SMILES string of the molecule is CCCCCOC(=O)N1O[C@H](CC(C)C)C(=O)N2C1CN([C@@H](Cc1ccccc1)C(=O)NCCC(C)C)C(=O)[C@@H]2Cc1ccc(O)cc1. The first-order valence-corrected chi connectivity index (χ1v) is 17.3. The van der Waals surface area contributed by atoms with E-state index < -0.39 is 36.4 Å². The van der Waals surface area contributed by atoms with Crippen LogP contribution in [0.5, 0.6) is 5.75 Å². The highest BCUT2D eigenvalue weighted by molar-refractivity contribution is 5.95. The van der Waals surface area contributed by atoms with E-state index in [0.717, 1.165) is 29.9 Å². The molecule has 4 atom stereocenters. The molecule has 2 saturated heterocycles. The largest absolute Gasteiger partial charge is 0.508 e. The summed E-state index contributed by atoms with van der Waals surface area (Å²) >= 11 is 0. The van der Waals surface area contributed by atoms with Gasteiger partial charge in [-0.3, -0.25) is 19.2 Å². The van der Waals surface area contributed by atoms with E-state index in [1.165, 1.54) is 21.9 Å². The topological polar surface area (TPSA) is 129 Å². The van der Waals surface area contributed by atoms with Crippen molar-refractivity contribution in [2.24, 2.45) is 11.8 Å². The number of hydrogen-bond acceptors (Lipinski definition) is 7. The number of benzene rings is 2. The van der Waals surface area contributed by atoms with Crippen molar-refractivity contribution < 1.29 is 33.9 Å². The summed E-state index contributed by atoms with van der Waals surface area (Å²) in [5.74, 6) is -0.575. The fourth-order valence-electron chi connectivity index (χ4n) is 6.20. The van der Waals surface area contributed by atoms with E-state index >= 15 is 0 Å². The molecule has 262 valence electrons. The van der Waals surface area contributed by atoms with Gasteiger partial charge in [-0.05, 0) is 54.4 Å². The van der Waals surface area contributed by atoms with Gasteiger partial charge in [-0.15, -0.1) is 0 Å². The molecule has 2 aromatic rings. The van der Waals surface area contributed by atoms with Crippen LogP contribution in [0.25, 0.3) is 0 Å². The van der Waals surface area contributed by atoms with E-state index in [9.17, 15) is 24.3 Å². The van der Waals surface area contributed by atoms with Crippen molar-refractivity contribution in [1.82, 2.24) is 20.2 Å². The molecule has 0 spiro atoms. The van der Waals surface area contributed by atoms with Gasteiger partial charge in [0.15, 0.2) is 12.3 Å². The molecule has 0 bridgehead atoms. The van der Waals surface area contributed by atoms with Crippen LogP contribution in [0.1, 0.15) is 77.8 Å². The minimum Gasteiger partial charge on any atom is -0.508 e. The molecule has 2 aliphatic rings. The molecule has 1 unspecified atom stereocenters. The van der Waals surface area contributed by atoms with E-state index in [1.807, 2.05) is 44.2 Å². The average molecular weight is 665 g/mol. The highest BCUT2D eigenvalue weighted by Gasteiger charge is 2.55. The van der Waals surface area contributed by atoms with Crippen LogP contribution in [0.3, 0.4) is 0 Å². The summed E-state index contributed by atoms with van der Waals surface area (Å²) in [6.07, 6.45) is 1.23. The van der Waals surface area contributed by atoms with Gasteiger partial charge < -0.3 is 25.0 Å². The maximum Gasteiger partial charge on any atom is 0.436 e. The van der Waals surface area contributed by atoms with E-state index in [1.54, 1.807) is 12.1 Å². The Hall–Kier alpha value is -4.12. The number of rotatable bonds is 15. The number of amides is 4. The fourth-order valence-corrected chi connectivity index (χ4v) is 6.20. The van der Waals surface area contributed by atoms with Crippen LogP contribution in [0.4, 0.5) is 4.79 Å². The van der Waals surface area contributed by atoms with E-state index in [-0.39, 0.29) is 49.5 Å². The van der Waals surface area contributed by atoms with Crippen LogP contribution in [-0.4, -0.2) is 87.8 Å². The molecule has 2 aliphatic heterocycles. The Bertz CT molecular complexity index is 1370. The van der Waals surface area contributed by atoms with Gasteiger partial charge in [0.25, 0.3) is 5.91 Å². The van der Waals surface area contributed by atoms with Crippen molar-refractivity contribution in [3.05, 3.63) is 65.7 Å². The maximum absolute atomic E-state index is 14.7. The van der Waals surface area contributed by atoms with E-state index in [0.29, 0.717) is 30.9 Å². The summed E-state index contributed by atoms with van der Waals surface area (Å²) in [7, 11) is 0. The van der Waals surface area contributed by atoms with Gasteiger partial charge in [-0.2, -0.15) is 5.06 Å². The molecule has 2 aromatic carbocycles. The standard InChI is InChI=1S/C37H52N4O7/c1-6-7-11-20-47-37(46)41-33-24-39(30(22-27-12-9-8-10-13-27)34(43)38-19-18-25(2)3)35(44)31(23-28-14-16-29(42)17-15-28)40(33)36(45)32(48-41)21-26(4)5/h8-10,12-17,25-26,30-33,42H,6-7,11,18-24H2,1-5H3,(H,38,43)/t30-,31-,32+,33?/m0/s1. The second-order valence-electron chi connectivity index (χ2n) is 13.7. The Morgan fingerprint density at radius 3 is 2.31 bits per heavy atom. The predicted molar refractivity (Wildman–Crippen MR) is 181 cm³/mol. The zero-order valence-electron chi connectivity index (χ0n) is 29.0. The minimum atomic E-state index is -1.04. The fraction of sp³-hybridized carbons (Fsp3) is 0.568. The average Bonchev–Trinajstić information content (AvgIpc) is 3.05. The molecular formula is C37H52N4O7. The van der Waals surface area contributed by atoms with E-state index in [2.05, 4.69) is 26.1 Å². The zero-order chi connectivity index (χ0) is 34.8. The molecule has 4 amide bonds. The van der Waals surface area contributed by atoms with Crippen LogP contribution in [-0.2, 0) is 36.8 Å². The summed E-state index contributed by atoms with van der Waals surface area (Å²) in [5, 5.41) is 14.1. The third-order valence-electron chi connectivity index (χ3n) is 8.80. The van der Waals surface area contributed by atoms with Crippen molar-refractivity contribution in [3.8, 4) is 5.75 Å². The number of phenols is 1. The Balaban J connectivity index is 1.76. The molecule has 2 fully saturated rings. The lowest BCUT2D eigenvalue weighted by Gasteiger charge is -2.53. The lowest BCUT2D eigenvalue weighted by molar-refractivity contribution is -0.269. The van der Waals surface area contributed by atoms with E-state index in [4.69, 9.17) is 9.57 Å². The van der Waals surface area contributed by atoms with Crippen LogP contribution in [0.15, 0.2) is 54.6 Å². The minimum absolute atomic E-state index is 0.0650. The Morgan fingerprint density at radius 2 is 1.67 bits per heavy atom. The summed E-state index contributed by atoms with van der Waals surface area (Å²) in [4.78, 5) is 65.6. The molecule has 0 saturated carbocycles. The van der Waals surface area contributed by atoms with Crippen molar-refractivity contribution in [1.29, 1.82) is 0 Å². The Labute approximate surface area is 284 Å². The highest BCUT2D eigenvalue weighted by Crippen LogP contribution is 2.33. The van der Waals surface area contributed by atoms with Crippen LogP contribution >= 0.6 is 0 Å².